The molecule has 2 aromatic carbocycles. The highest BCUT2D eigenvalue weighted by Crippen LogP contribution is 2.24. The van der Waals surface area contributed by atoms with Gasteiger partial charge in [-0.2, -0.15) is 0 Å². The van der Waals surface area contributed by atoms with Gasteiger partial charge in [0.2, 0.25) is 0 Å². The summed E-state index contributed by atoms with van der Waals surface area (Å²) in [4.78, 5) is 26.6. The Morgan fingerprint density at radius 3 is 2.70 bits per heavy atom. The molecule has 0 unspecified atom stereocenters. The number of benzene rings is 2. The lowest BCUT2D eigenvalue weighted by molar-refractivity contribution is -0.384. The molecule has 1 heterocycles. The number of nitro groups is 1. The molecule has 1 aromatic heterocycles. The van der Waals surface area contributed by atoms with Crippen molar-refractivity contribution >= 4 is 39.8 Å². The Kier molecular flexibility index (Phi) is 3.91. The SMILES string of the molecule is O=C(Nc1cnc2ccccc2c1)c1ccc([N+](=O)[O-])cc1Cl. The predicted octanol–water partition coefficient (Wildman–Crippen LogP) is 4.05. The Morgan fingerprint density at radius 1 is 1.17 bits per heavy atom. The third-order valence-electron chi connectivity index (χ3n) is 3.26. The first-order chi connectivity index (χ1) is 11.0. The fraction of sp³-hybridized carbons (Fsp3) is 0. The van der Waals surface area contributed by atoms with Gasteiger partial charge in [-0.25, -0.2) is 0 Å². The number of rotatable bonds is 3. The number of amides is 1. The number of pyridine rings is 1. The van der Waals surface area contributed by atoms with Crippen LogP contribution in [-0.2, 0) is 0 Å². The van der Waals surface area contributed by atoms with Gasteiger partial charge in [0.25, 0.3) is 11.6 Å². The summed E-state index contributed by atoms with van der Waals surface area (Å²) in [6.45, 7) is 0. The van der Waals surface area contributed by atoms with Crippen molar-refractivity contribution in [2.75, 3.05) is 5.32 Å². The summed E-state index contributed by atoms with van der Waals surface area (Å²) < 4.78 is 0. The van der Waals surface area contributed by atoms with E-state index in [0.717, 1.165) is 17.0 Å². The Bertz CT molecular complexity index is 927. The van der Waals surface area contributed by atoms with Gasteiger partial charge in [0.1, 0.15) is 0 Å². The predicted molar refractivity (Wildman–Crippen MR) is 87.8 cm³/mol. The van der Waals surface area contributed by atoms with Gasteiger partial charge in [0.15, 0.2) is 0 Å². The normalized spacial score (nSPS) is 10.5. The van der Waals surface area contributed by atoms with Gasteiger partial charge < -0.3 is 5.32 Å². The summed E-state index contributed by atoms with van der Waals surface area (Å²) in [5.74, 6) is -0.457. The summed E-state index contributed by atoms with van der Waals surface area (Å²) in [6.07, 6.45) is 1.54. The fourth-order valence-corrected chi connectivity index (χ4v) is 2.40. The molecule has 0 aliphatic rings. The topological polar surface area (TPSA) is 85.1 Å². The van der Waals surface area contributed by atoms with E-state index in [1.54, 1.807) is 12.3 Å². The van der Waals surface area contributed by atoms with Crippen molar-refractivity contribution in [3.8, 4) is 0 Å². The number of carbonyl (C=O) groups excluding carboxylic acids is 1. The highest BCUT2D eigenvalue weighted by molar-refractivity contribution is 6.34. The molecule has 23 heavy (non-hydrogen) atoms. The minimum Gasteiger partial charge on any atom is -0.321 e. The molecule has 1 amide bonds. The highest BCUT2D eigenvalue weighted by atomic mass is 35.5. The molecule has 3 aromatic rings. The molecule has 7 heteroatoms. The first kappa shape index (κ1) is 14.9. The van der Waals surface area contributed by atoms with Crippen LogP contribution in [0.15, 0.2) is 54.7 Å². The van der Waals surface area contributed by atoms with Crippen molar-refractivity contribution in [3.63, 3.8) is 0 Å². The monoisotopic (exact) mass is 327 g/mol. The van der Waals surface area contributed by atoms with E-state index in [4.69, 9.17) is 11.6 Å². The second-order valence-electron chi connectivity index (χ2n) is 4.79. The first-order valence-electron chi connectivity index (χ1n) is 6.65. The second kappa shape index (κ2) is 6.02. The maximum absolute atomic E-state index is 12.3. The number of nitrogens with zero attached hydrogens (tertiary/aromatic N) is 2. The molecular weight excluding hydrogens is 318 g/mol. The van der Waals surface area contributed by atoms with E-state index in [0.29, 0.717) is 5.69 Å². The summed E-state index contributed by atoms with van der Waals surface area (Å²) in [6, 6.07) is 13.0. The number of hydrogen-bond acceptors (Lipinski definition) is 4. The van der Waals surface area contributed by atoms with Crippen molar-refractivity contribution in [2.45, 2.75) is 0 Å². The molecule has 0 saturated carbocycles. The third kappa shape index (κ3) is 3.12. The molecule has 0 atom stereocenters. The maximum Gasteiger partial charge on any atom is 0.270 e. The van der Waals surface area contributed by atoms with Crippen molar-refractivity contribution < 1.29 is 9.72 Å². The van der Waals surface area contributed by atoms with Crippen LogP contribution in [0.2, 0.25) is 5.02 Å². The largest absolute Gasteiger partial charge is 0.321 e. The summed E-state index contributed by atoms with van der Waals surface area (Å²) >= 11 is 5.95. The van der Waals surface area contributed by atoms with E-state index in [1.807, 2.05) is 24.3 Å². The maximum atomic E-state index is 12.3. The molecule has 0 bridgehead atoms. The molecule has 0 aliphatic carbocycles. The van der Waals surface area contributed by atoms with Crippen molar-refractivity contribution in [1.82, 2.24) is 4.98 Å². The molecule has 0 spiro atoms. The van der Waals surface area contributed by atoms with Crippen molar-refractivity contribution in [1.29, 1.82) is 0 Å². The van der Waals surface area contributed by atoms with Crippen LogP contribution in [0.25, 0.3) is 10.9 Å². The first-order valence-corrected chi connectivity index (χ1v) is 7.02. The van der Waals surface area contributed by atoms with Gasteiger partial charge in [-0.1, -0.05) is 29.8 Å². The molecule has 0 saturated heterocycles. The average Bonchev–Trinajstić information content (AvgIpc) is 2.54. The average molecular weight is 328 g/mol. The van der Waals surface area contributed by atoms with Crippen LogP contribution in [0.5, 0.6) is 0 Å². The smallest absolute Gasteiger partial charge is 0.270 e. The lowest BCUT2D eigenvalue weighted by atomic mass is 10.1. The molecule has 1 N–H and O–H groups in total. The zero-order chi connectivity index (χ0) is 16.4. The number of anilines is 1. The lowest BCUT2D eigenvalue weighted by Crippen LogP contribution is -2.12. The van der Waals surface area contributed by atoms with Crippen LogP contribution in [0, 0.1) is 10.1 Å². The van der Waals surface area contributed by atoms with Gasteiger partial charge in [-0.15, -0.1) is 0 Å². The van der Waals surface area contributed by atoms with E-state index in [9.17, 15) is 14.9 Å². The van der Waals surface area contributed by atoms with Crippen molar-refractivity contribution in [3.05, 3.63) is 75.4 Å². The molecule has 3 rings (SSSR count). The molecule has 0 radical (unpaired) electrons. The number of nitro benzene ring substituents is 1. The Labute approximate surface area is 135 Å². The van der Waals surface area contributed by atoms with E-state index < -0.39 is 10.8 Å². The minimum absolute atomic E-state index is 0.0189. The zero-order valence-corrected chi connectivity index (χ0v) is 12.4. The molecule has 6 nitrogen and oxygen atoms in total. The number of hydrogen-bond donors (Lipinski definition) is 1. The van der Waals surface area contributed by atoms with E-state index >= 15 is 0 Å². The van der Waals surface area contributed by atoms with Crippen LogP contribution in [0.1, 0.15) is 10.4 Å². The number of nitrogens with one attached hydrogen (secondary N) is 1. The number of fused-ring (bicyclic) bond motifs is 1. The highest BCUT2D eigenvalue weighted by Gasteiger charge is 2.15. The number of halogens is 1. The van der Waals surface area contributed by atoms with Crippen molar-refractivity contribution in [2.24, 2.45) is 0 Å². The zero-order valence-electron chi connectivity index (χ0n) is 11.7. The van der Waals surface area contributed by atoms with E-state index in [2.05, 4.69) is 10.3 Å². The van der Waals surface area contributed by atoms with Gasteiger partial charge in [-0.3, -0.25) is 19.9 Å². The number of non-ortho nitro benzene ring substituents is 1. The van der Waals surface area contributed by atoms with Crippen LogP contribution in [0.3, 0.4) is 0 Å². The summed E-state index contributed by atoms with van der Waals surface area (Å²) in [5, 5.41) is 14.3. The number of para-hydroxylation sites is 1. The molecular formula is C16H10ClN3O3. The molecule has 0 fully saturated rings. The van der Waals surface area contributed by atoms with Crippen LogP contribution in [-0.4, -0.2) is 15.8 Å². The summed E-state index contributed by atoms with van der Waals surface area (Å²) in [7, 11) is 0. The van der Waals surface area contributed by atoms with Gasteiger partial charge >= 0.3 is 0 Å². The van der Waals surface area contributed by atoms with E-state index in [-0.39, 0.29) is 16.3 Å². The Hall–Kier alpha value is -2.99. The quantitative estimate of drug-likeness (QED) is 0.581. The van der Waals surface area contributed by atoms with Crippen LogP contribution < -0.4 is 5.32 Å². The minimum atomic E-state index is -0.569. The second-order valence-corrected chi connectivity index (χ2v) is 5.20. The van der Waals surface area contributed by atoms with Crippen LogP contribution >= 0.6 is 11.6 Å². The third-order valence-corrected chi connectivity index (χ3v) is 3.57. The number of aromatic nitrogens is 1. The van der Waals surface area contributed by atoms with Gasteiger partial charge in [0, 0.05) is 17.5 Å². The Balaban J connectivity index is 1.87. The lowest BCUT2D eigenvalue weighted by Gasteiger charge is -2.07. The van der Waals surface area contributed by atoms with Gasteiger partial charge in [0.05, 0.1) is 32.9 Å². The molecule has 114 valence electrons. The summed E-state index contributed by atoms with van der Waals surface area (Å²) in [5.41, 5.74) is 1.33. The molecule has 0 aliphatic heterocycles. The number of carbonyl (C=O) groups is 1. The van der Waals surface area contributed by atoms with Gasteiger partial charge in [-0.05, 0) is 18.2 Å². The Morgan fingerprint density at radius 2 is 1.96 bits per heavy atom. The fourth-order valence-electron chi connectivity index (χ4n) is 2.14. The standard InChI is InChI=1S/C16H10ClN3O3/c17-14-8-12(20(22)23)5-6-13(14)16(21)19-11-7-10-3-1-2-4-15(10)18-9-11/h1-9H,(H,19,21). The van der Waals surface area contributed by atoms with E-state index in [1.165, 1.54) is 12.1 Å². The van der Waals surface area contributed by atoms with Crippen LogP contribution in [0.4, 0.5) is 11.4 Å².